The molecule has 0 saturated carbocycles. The Morgan fingerprint density at radius 1 is 1.22 bits per heavy atom. The van der Waals surface area contributed by atoms with E-state index in [0.29, 0.717) is 11.5 Å². The number of nitrogens with one attached hydrogen (secondary N) is 2. The maximum atomic E-state index is 7.77. The van der Waals surface area contributed by atoms with Crippen LogP contribution >= 0.6 is 0 Å². The first-order valence-corrected chi connectivity index (χ1v) is 7.57. The molecule has 7 nitrogen and oxygen atoms in total. The van der Waals surface area contributed by atoms with Gasteiger partial charge in [-0.2, -0.15) is 9.78 Å². The Morgan fingerprint density at radius 3 is 2.52 bits per heavy atom. The standard InChI is InChI=1S/C16H21N5O2/c1-22-11-7-10(8-12(9-11)23-2)14-13-5-3-4-6-19-15(13)21(20-14)16(17)18/h7-9,19H,3-6H2,1-2H3,(H3,17,18). The molecule has 122 valence electrons. The number of rotatable bonds is 3. The van der Waals surface area contributed by atoms with Crippen LogP contribution in [-0.4, -0.2) is 36.5 Å². The first kappa shape index (κ1) is 15.2. The Labute approximate surface area is 134 Å². The molecule has 2 aromatic rings. The molecule has 0 saturated heterocycles. The number of fused-ring (bicyclic) bond motifs is 1. The Kier molecular flexibility index (Phi) is 4.10. The van der Waals surface area contributed by atoms with Crippen LogP contribution in [0.3, 0.4) is 0 Å². The highest BCUT2D eigenvalue weighted by Gasteiger charge is 2.22. The first-order chi connectivity index (χ1) is 11.1. The van der Waals surface area contributed by atoms with E-state index < -0.39 is 0 Å². The molecule has 0 atom stereocenters. The fraction of sp³-hybridized carbons (Fsp3) is 0.375. The topological polar surface area (TPSA) is 98.2 Å². The molecule has 23 heavy (non-hydrogen) atoms. The van der Waals surface area contributed by atoms with Gasteiger partial charge in [-0.05, 0) is 31.4 Å². The van der Waals surface area contributed by atoms with Gasteiger partial charge in [0, 0.05) is 23.7 Å². The van der Waals surface area contributed by atoms with Crippen molar-refractivity contribution in [3.05, 3.63) is 23.8 Å². The van der Waals surface area contributed by atoms with Crippen LogP contribution in [0.2, 0.25) is 0 Å². The molecule has 1 aromatic heterocycles. The zero-order valence-electron chi connectivity index (χ0n) is 13.3. The van der Waals surface area contributed by atoms with Crippen LogP contribution in [0, 0.1) is 5.41 Å². The monoisotopic (exact) mass is 315 g/mol. The highest BCUT2D eigenvalue weighted by molar-refractivity contribution is 5.84. The van der Waals surface area contributed by atoms with Gasteiger partial charge in [-0.3, -0.25) is 5.41 Å². The minimum Gasteiger partial charge on any atom is -0.497 e. The molecular weight excluding hydrogens is 294 g/mol. The van der Waals surface area contributed by atoms with Gasteiger partial charge in [0.05, 0.1) is 19.9 Å². The molecule has 1 aliphatic heterocycles. The fourth-order valence-corrected chi connectivity index (χ4v) is 2.85. The average molecular weight is 315 g/mol. The summed E-state index contributed by atoms with van der Waals surface area (Å²) in [5.74, 6) is 2.11. The van der Waals surface area contributed by atoms with Crippen molar-refractivity contribution in [3.8, 4) is 22.8 Å². The van der Waals surface area contributed by atoms with E-state index in [9.17, 15) is 0 Å². The van der Waals surface area contributed by atoms with Gasteiger partial charge in [0.2, 0.25) is 5.96 Å². The number of aromatic nitrogens is 2. The molecule has 7 heteroatoms. The Balaban J connectivity index is 2.18. The second-order valence-corrected chi connectivity index (χ2v) is 5.46. The third-order valence-corrected chi connectivity index (χ3v) is 3.98. The second-order valence-electron chi connectivity index (χ2n) is 5.46. The molecule has 0 fully saturated rings. The van der Waals surface area contributed by atoms with Crippen LogP contribution in [0.15, 0.2) is 18.2 Å². The number of benzene rings is 1. The molecule has 4 N–H and O–H groups in total. The van der Waals surface area contributed by atoms with Gasteiger partial charge in [0.25, 0.3) is 0 Å². The van der Waals surface area contributed by atoms with Crippen molar-refractivity contribution >= 4 is 11.8 Å². The Morgan fingerprint density at radius 2 is 1.91 bits per heavy atom. The normalized spacial score (nSPS) is 13.7. The smallest absolute Gasteiger partial charge is 0.215 e. The van der Waals surface area contributed by atoms with E-state index >= 15 is 0 Å². The minimum atomic E-state index is -0.100. The molecule has 0 unspecified atom stereocenters. The van der Waals surface area contributed by atoms with Crippen LogP contribution < -0.4 is 20.5 Å². The summed E-state index contributed by atoms with van der Waals surface area (Å²) < 4.78 is 12.1. The predicted octanol–water partition coefficient (Wildman–Crippen LogP) is 2.06. The molecule has 1 aromatic carbocycles. The zero-order chi connectivity index (χ0) is 16.4. The van der Waals surface area contributed by atoms with E-state index in [0.717, 1.165) is 48.4 Å². The third-order valence-electron chi connectivity index (χ3n) is 3.98. The first-order valence-electron chi connectivity index (χ1n) is 7.57. The van der Waals surface area contributed by atoms with Crippen molar-refractivity contribution in [3.63, 3.8) is 0 Å². The largest absolute Gasteiger partial charge is 0.497 e. The number of anilines is 1. The molecule has 0 spiro atoms. The van der Waals surface area contributed by atoms with Crippen LogP contribution in [-0.2, 0) is 6.42 Å². The van der Waals surface area contributed by atoms with Gasteiger partial charge in [-0.15, -0.1) is 0 Å². The molecule has 1 aliphatic rings. The summed E-state index contributed by atoms with van der Waals surface area (Å²) in [6, 6.07) is 5.66. The summed E-state index contributed by atoms with van der Waals surface area (Å²) in [7, 11) is 3.24. The van der Waals surface area contributed by atoms with Gasteiger partial charge in [0.1, 0.15) is 17.3 Å². The lowest BCUT2D eigenvalue weighted by Gasteiger charge is -2.08. The maximum absolute atomic E-state index is 7.77. The lowest BCUT2D eigenvalue weighted by atomic mass is 10.0. The van der Waals surface area contributed by atoms with Crippen molar-refractivity contribution in [1.29, 1.82) is 5.41 Å². The maximum Gasteiger partial charge on any atom is 0.215 e. The van der Waals surface area contributed by atoms with Crippen molar-refractivity contribution in [2.45, 2.75) is 19.3 Å². The second kappa shape index (κ2) is 6.20. The molecule has 0 radical (unpaired) electrons. The average Bonchev–Trinajstić information content (AvgIpc) is 2.76. The molecular formula is C16H21N5O2. The van der Waals surface area contributed by atoms with Gasteiger partial charge < -0.3 is 20.5 Å². The number of ether oxygens (including phenoxy) is 2. The lowest BCUT2D eigenvalue weighted by molar-refractivity contribution is 0.394. The predicted molar refractivity (Wildman–Crippen MR) is 89.5 cm³/mol. The summed E-state index contributed by atoms with van der Waals surface area (Å²) in [4.78, 5) is 0. The summed E-state index contributed by atoms with van der Waals surface area (Å²) in [5, 5.41) is 15.7. The summed E-state index contributed by atoms with van der Waals surface area (Å²) in [6.07, 6.45) is 3.04. The fourth-order valence-electron chi connectivity index (χ4n) is 2.85. The SMILES string of the molecule is COc1cc(OC)cc(-c2nn(C(=N)N)c3c2CCCCN3)c1. The van der Waals surface area contributed by atoms with E-state index in [1.54, 1.807) is 14.2 Å². The van der Waals surface area contributed by atoms with E-state index in [2.05, 4.69) is 10.4 Å². The van der Waals surface area contributed by atoms with Gasteiger partial charge >= 0.3 is 0 Å². The summed E-state index contributed by atoms with van der Waals surface area (Å²) in [5.41, 5.74) is 8.46. The number of nitrogens with two attached hydrogens (primary N) is 1. The van der Waals surface area contributed by atoms with Crippen molar-refractivity contribution < 1.29 is 9.47 Å². The number of hydrogen-bond acceptors (Lipinski definition) is 5. The van der Waals surface area contributed by atoms with Crippen LogP contribution in [0.1, 0.15) is 18.4 Å². The molecule has 3 rings (SSSR count). The van der Waals surface area contributed by atoms with Gasteiger partial charge in [-0.25, -0.2) is 0 Å². The highest BCUT2D eigenvalue weighted by Crippen LogP contribution is 2.35. The van der Waals surface area contributed by atoms with Gasteiger partial charge in [0.15, 0.2) is 0 Å². The van der Waals surface area contributed by atoms with Crippen LogP contribution in [0.4, 0.5) is 5.82 Å². The van der Waals surface area contributed by atoms with Crippen LogP contribution in [0.25, 0.3) is 11.3 Å². The summed E-state index contributed by atoms with van der Waals surface area (Å²) in [6.45, 7) is 0.854. The summed E-state index contributed by atoms with van der Waals surface area (Å²) >= 11 is 0. The molecule has 0 bridgehead atoms. The number of methoxy groups -OCH3 is 2. The minimum absolute atomic E-state index is 0.100. The van der Waals surface area contributed by atoms with Gasteiger partial charge in [-0.1, -0.05) is 0 Å². The third kappa shape index (κ3) is 2.81. The van der Waals surface area contributed by atoms with E-state index in [4.69, 9.17) is 20.6 Å². The van der Waals surface area contributed by atoms with E-state index in [1.807, 2.05) is 18.2 Å². The van der Waals surface area contributed by atoms with Crippen molar-refractivity contribution in [2.75, 3.05) is 26.1 Å². The van der Waals surface area contributed by atoms with Crippen LogP contribution in [0.5, 0.6) is 11.5 Å². The van der Waals surface area contributed by atoms with Crippen molar-refractivity contribution in [2.24, 2.45) is 5.73 Å². The quantitative estimate of drug-likeness (QED) is 0.595. The Bertz CT molecular complexity index is 716. The molecule has 0 amide bonds. The van der Waals surface area contributed by atoms with E-state index in [1.165, 1.54) is 4.68 Å². The Hall–Kier alpha value is -2.70. The number of hydrogen-bond donors (Lipinski definition) is 3. The number of nitrogen functional groups attached to an aromatic ring is 1. The van der Waals surface area contributed by atoms with Crippen molar-refractivity contribution in [1.82, 2.24) is 9.78 Å². The number of nitrogens with zero attached hydrogens (tertiary/aromatic N) is 2. The molecule has 0 aliphatic carbocycles. The van der Waals surface area contributed by atoms with E-state index in [-0.39, 0.29) is 5.96 Å². The lowest BCUT2D eigenvalue weighted by Crippen LogP contribution is -2.24. The molecule has 2 heterocycles. The zero-order valence-corrected chi connectivity index (χ0v) is 13.3. The highest BCUT2D eigenvalue weighted by atomic mass is 16.5.